The van der Waals surface area contributed by atoms with Crippen molar-refractivity contribution >= 4 is 5.69 Å². The number of hydrogen-bond donors (Lipinski definition) is 1. The molecule has 0 radical (unpaired) electrons. The van der Waals surface area contributed by atoms with E-state index in [1.54, 1.807) is 0 Å². The first kappa shape index (κ1) is 15.0. The predicted molar refractivity (Wildman–Crippen MR) is 90.8 cm³/mol. The number of piperazine rings is 1. The molecule has 0 bridgehead atoms. The van der Waals surface area contributed by atoms with Crippen LogP contribution in [0.15, 0.2) is 48.7 Å². The van der Waals surface area contributed by atoms with Crippen molar-refractivity contribution in [2.75, 3.05) is 38.5 Å². The molecule has 116 valence electrons. The van der Waals surface area contributed by atoms with E-state index < -0.39 is 0 Å². The fourth-order valence-corrected chi connectivity index (χ4v) is 2.69. The fraction of sp³-hybridized carbons (Fsp3) is 0.389. The number of pyridine rings is 1. The summed E-state index contributed by atoms with van der Waals surface area (Å²) in [5.41, 5.74) is 3.59. The first-order chi connectivity index (χ1) is 10.8. The Morgan fingerprint density at radius 2 is 1.77 bits per heavy atom. The maximum atomic E-state index is 4.32. The average Bonchev–Trinajstić information content (AvgIpc) is 2.57. The van der Waals surface area contributed by atoms with Gasteiger partial charge in [-0.3, -0.25) is 9.88 Å². The Balaban J connectivity index is 1.50. The van der Waals surface area contributed by atoms with Crippen LogP contribution in [-0.4, -0.2) is 48.0 Å². The molecule has 0 unspecified atom stereocenters. The Labute approximate surface area is 132 Å². The molecule has 4 heteroatoms. The van der Waals surface area contributed by atoms with Gasteiger partial charge in [0.25, 0.3) is 0 Å². The average molecular weight is 296 g/mol. The lowest BCUT2D eigenvalue weighted by Gasteiger charge is -2.32. The van der Waals surface area contributed by atoms with E-state index in [1.165, 1.54) is 18.7 Å². The second-order valence-corrected chi connectivity index (χ2v) is 5.95. The fourth-order valence-electron chi connectivity index (χ4n) is 2.69. The molecule has 4 nitrogen and oxygen atoms in total. The van der Waals surface area contributed by atoms with Gasteiger partial charge in [0.05, 0.1) is 12.2 Å². The van der Waals surface area contributed by atoms with Crippen LogP contribution in [0.2, 0.25) is 0 Å². The van der Waals surface area contributed by atoms with Gasteiger partial charge in [0.15, 0.2) is 0 Å². The zero-order chi connectivity index (χ0) is 15.2. The molecular weight excluding hydrogens is 272 g/mol. The quantitative estimate of drug-likeness (QED) is 0.918. The molecule has 1 aromatic heterocycles. The lowest BCUT2D eigenvalue weighted by Crippen LogP contribution is -2.43. The number of nitrogens with one attached hydrogen (secondary N) is 1. The molecule has 1 aliphatic rings. The van der Waals surface area contributed by atoms with Crippen LogP contribution >= 0.6 is 0 Å². The second kappa shape index (κ2) is 7.38. The van der Waals surface area contributed by atoms with Gasteiger partial charge in [-0.05, 0) is 36.9 Å². The summed E-state index contributed by atoms with van der Waals surface area (Å²) in [6, 6.07) is 14.8. The number of benzene rings is 1. The smallest absolute Gasteiger partial charge is 0.0594 e. The molecule has 1 fully saturated rings. The Bertz CT molecular complexity index is 559. The zero-order valence-electron chi connectivity index (χ0n) is 13.2. The molecule has 1 aromatic carbocycles. The lowest BCUT2D eigenvalue weighted by molar-refractivity contribution is 0.148. The summed E-state index contributed by atoms with van der Waals surface area (Å²) in [6.07, 6.45) is 1.83. The number of hydrogen-bond acceptors (Lipinski definition) is 4. The van der Waals surface area contributed by atoms with Crippen LogP contribution in [0.5, 0.6) is 0 Å². The van der Waals surface area contributed by atoms with Crippen LogP contribution in [0.1, 0.15) is 11.3 Å². The minimum atomic E-state index is 0.763. The molecule has 2 aromatic rings. The van der Waals surface area contributed by atoms with E-state index in [2.05, 4.69) is 51.4 Å². The van der Waals surface area contributed by atoms with Crippen molar-refractivity contribution in [2.45, 2.75) is 13.1 Å². The summed E-state index contributed by atoms with van der Waals surface area (Å²) in [4.78, 5) is 9.24. The van der Waals surface area contributed by atoms with Crippen LogP contribution in [0.25, 0.3) is 0 Å². The summed E-state index contributed by atoms with van der Waals surface area (Å²) < 4.78 is 0. The SMILES string of the molecule is CN1CCN(Cc2ccc(NCc3ccccn3)cc2)CC1. The highest BCUT2D eigenvalue weighted by Crippen LogP contribution is 2.13. The first-order valence-corrected chi connectivity index (χ1v) is 7.93. The summed E-state index contributed by atoms with van der Waals surface area (Å²) in [5.74, 6) is 0. The highest BCUT2D eigenvalue weighted by molar-refractivity contribution is 5.44. The van der Waals surface area contributed by atoms with E-state index in [4.69, 9.17) is 0 Å². The molecule has 0 aliphatic carbocycles. The molecule has 0 atom stereocenters. The van der Waals surface area contributed by atoms with Gasteiger partial charge in [-0.25, -0.2) is 0 Å². The summed E-state index contributed by atoms with van der Waals surface area (Å²) >= 11 is 0. The van der Waals surface area contributed by atoms with E-state index >= 15 is 0 Å². The number of likely N-dealkylation sites (N-methyl/N-ethyl adjacent to an activating group) is 1. The van der Waals surface area contributed by atoms with E-state index in [1.807, 2.05) is 24.4 Å². The third kappa shape index (κ3) is 4.29. The van der Waals surface area contributed by atoms with Crippen molar-refractivity contribution in [3.8, 4) is 0 Å². The van der Waals surface area contributed by atoms with Crippen molar-refractivity contribution in [3.63, 3.8) is 0 Å². The molecule has 2 heterocycles. The third-order valence-corrected chi connectivity index (χ3v) is 4.16. The molecule has 3 rings (SSSR count). The molecule has 0 spiro atoms. The van der Waals surface area contributed by atoms with E-state index in [-0.39, 0.29) is 0 Å². The standard InChI is InChI=1S/C18H24N4/c1-21-10-12-22(13-11-21)15-16-5-7-17(8-6-16)20-14-18-4-2-3-9-19-18/h2-9,20H,10-15H2,1H3. The molecule has 0 amide bonds. The molecule has 1 aliphatic heterocycles. The Hall–Kier alpha value is -1.91. The van der Waals surface area contributed by atoms with E-state index in [0.717, 1.165) is 37.6 Å². The lowest BCUT2D eigenvalue weighted by atomic mass is 10.1. The molecule has 0 saturated carbocycles. The highest BCUT2D eigenvalue weighted by atomic mass is 15.2. The van der Waals surface area contributed by atoms with Crippen LogP contribution in [0.3, 0.4) is 0 Å². The van der Waals surface area contributed by atoms with Crippen LogP contribution in [0, 0.1) is 0 Å². The van der Waals surface area contributed by atoms with Gasteiger partial charge in [0, 0.05) is 44.6 Å². The van der Waals surface area contributed by atoms with Gasteiger partial charge in [-0.15, -0.1) is 0 Å². The van der Waals surface area contributed by atoms with Crippen molar-refractivity contribution in [3.05, 3.63) is 59.9 Å². The van der Waals surface area contributed by atoms with Crippen molar-refractivity contribution in [1.82, 2.24) is 14.8 Å². The van der Waals surface area contributed by atoms with Crippen molar-refractivity contribution < 1.29 is 0 Å². The first-order valence-electron chi connectivity index (χ1n) is 7.93. The predicted octanol–water partition coefficient (Wildman–Crippen LogP) is 2.44. The van der Waals surface area contributed by atoms with Gasteiger partial charge in [-0.2, -0.15) is 0 Å². The second-order valence-electron chi connectivity index (χ2n) is 5.95. The summed E-state index contributed by atoms with van der Waals surface area (Å²) in [7, 11) is 2.19. The summed E-state index contributed by atoms with van der Waals surface area (Å²) in [6.45, 7) is 6.48. The zero-order valence-corrected chi connectivity index (χ0v) is 13.2. The Morgan fingerprint density at radius 1 is 1.00 bits per heavy atom. The normalized spacial score (nSPS) is 16.6. The number of aromatic nitrogens is 1. The van der Waals surface area contributed by atoms with Crippen molar-refractivity contribution in [1.29, 1.82) is 0 Å². The number of nitrogens with zero attached hydrogens (tertiary/aromatic N) is 3. The van der Waals surface area contributed by atoms with Crippen molar-refractivity contribution in [2.24, 2.45) is 0 Å². The minimum absolute atomic E-state index is 0.763. The monoisotopic (exact) mass is 296 g/mol. The van der Waals surface area contributed by atoms with Gasteiger partial charge < -0.3 is 10.2 Å². The van der Waals surface area contributed by atoms with Crippen LogP contribution in [0.4, 0.5) is 5.69 Å². The molecule has 1 saturated heterocycles. The van der Waals surface area contributed by atoms with Gasteiger partial charge >= 0.3 is 0 Å². The van der Waals surface area contributed by atoms with Gasteiger partial charge in [0.2, 0.25) is 0 Å². The van der Waals surface area contributed by atoms with Gasteiger partial charge in [-0.1, -0.05) is 18.2 Å². The largest absolute Gasteiger partial charge is 0.379 e. The van der Waals surface area contributed by atoms with Crippen LogP contribution in [-0.2, 0) is 13.1 Å². The number of anilines is 1. The van der Waals surface area contributed by atoms with Gasteiger partial charge in [0.1, 0.15) is 0 Å². The maximum absolute atomic E-state index is 4.32. The van der Waals surface area contributed by atoms with E-state index in [9.17, 15) is 0 Å². The molecule has 1 N–H and O–H groups in total. The topological polar surface area (TPSA) is 31.4 Å². The minimum Gasteiger partial charge on any atom is -0.379 e. The molecular formula is C18H24N4. The van der Waals surface area contributed by atoms with Crippen LogP contribution < -0.4 is 5.32 Å². The Kier molecular flexibility index (Phi) is 5.03. The third-order valence-electron chi connectivity index (χ3n) is 4.16. The number of rotatable bonds is 5. The highest BCUT2D eigenvalue weighted by Gasteiger charge is 2.13. The summed E-state index contributed by atoms with van der Waals surface area (Å²) in [5, 5.41) is 3.41. The molecule has 22 heavy (non-hydrogen) atoms. The van der Waals surface area contributed by atoms with E-state index in [0.29, 0.717) is 0 Å². The Morgan fingerprint density at radius 3 is 2.45 bits per heavy atom. The maximum Gasteiger partial charge on any atom is 0.0594 e.